The minimum Gasteiger partial charge on any atom is -0.303 e. The molecule has 3 heteroatoms. The summed E-state index contributed by atoms with van der Waals surface area (Å²) in [5, 5.41) is 0. The van der Waals surface area contributed by atoms with E-state index in [0.29, 0.717) is 18.6 Å². The average Bonchev–Trinajstić information content (AvgIpc) is 2.62. The molecule has 110 valence electrons. The maximum atomic E-state index is 15.1. The van der Waals surface area contributed by atoms with Gasteiger partial charge in [0.05, 0.1) is 0 Å². The lowest BCUT2D eigenvalue weighted by Gasteiger charge is -2.44. The molecule has 0 radical (unpaired) electrons. The molecule has 3 aliphatic rings. The third-order valence-electron chi connectivity index (χ3n) is 5.79. The quantitative estimate of drug-likeness (QED) is 0.776. The number of halogens is 1. The minimum absolute atomic E-state index is 0.686. The van der Waals surface area contributed by atoms with Gasteiger partial charge < -0.3 is 4.90 Å². The average molecular weight is 268 g/mol. The van der Waals surface area contributed by atoms with E-state index in [1.54, 1.807) is 0 Å². The van der Waals surface area contributed by atoms with Crippen LogP contribution in [-0.2, 0) is 0 Å². The third kappa shape index (κ3) is 2.82. The second kappa shape index (κ2) is 5.33. The van der Waals surface area contributed by atoms with Crippen LogP contribution in [0.3, 0.4) is 0 Å². The maximum Gasteiger partial charge on any atom is 0.126 e. The van der Waals surface area contributed by atoms with Gasteiger partial charge in [-0.2, -0.15) is 0 Å². The molecule has 0 saturated carbocycles. The molecule has 2 nitrogen and oxygen atoms in total. The summed E-state index contributed by atoms with van der Waals surface area (Å²) in [7, 11) is 0. The summed E-state index contributed by atoms with van der Waals surface area (Å²) in [6.45, 7) is 8.24. The van der Waals surface area contributed by atoms with E-state index in [0.717, 1.165) is 38.4 Å². The van der Waals surface area contributed by atoms with Crippen LogP contribution < -0.4 is 0 Å². The standard InChI is InChI=1S/C16H29FN2/c1-3-18-8-6-16(17,7-9-18)12-19-14-4-5-15(19)11-13(2)10-14/h13-15H,3-12H2,1-2H3/t13?,14-,15+. The van der Waals surface area contributed by atoms with Crippen molar-refractivity contribution in [3.63, 3.8) is 0 Å². The van der Waals surface area contributed by atoms with Gasteiger partial charge in [-0.3, -0.25) is 4.90 Å². The number of alkyl halides is 1. The number of nitrogens with zero attached hydrogens (tertiary/aromatic N) is 2. The van der Waals surface area contributed by atoms with Crippen molar-refractivity contribution < 1.29 is 4.39 Å². The van der Waals surface area contributed by atoms with Gasteiger partial charge in [-0.25, -0.2) is 4.39 Å². The predicted octanol–water partition coefficient (Wildman–Crippen LogP) is 3.07. The fourth-order valence-corrected chi connectivity index (χ4v) is 4.56. The van der Waals surface area contributed by atoms with Crippen LogP contribution in [0.15, 0.2) is 0 Å². The largest absolute Gasteiger partial charge is 0.303 e. The van der Waals surface area contributed by atoms with E-state index in [-0.39, 0.29) is 0 Å². The molecule has 0 N–H and O–H groups in total. The first-order chi connectivity index (χ1) is 9.09. The molecule has 0 aromatic heterocycles. The molecule has 19 heavy (non-hydrogen) atoms. The number of hydrogen-bond acceptors (Lipinski definition) is 2. The van der Waals surface area contributed by atoms with Crippen LogP contribution in [0.4, 0.5) is 4.39 Å². The highest BCUT2D eigenvalue weighted by Crippen LogP contribution is 2.41. The van der Waals surface area contributed by atoms with Gasteiger partial charge in [0, 0.05) is 31.7 Å². The summed E-state index contributed by atoms with van der Waals surface area (Å²) in [6, 6.07) is 1.37. The highest BCUT2D eigenvalue weighted by molar-refractivity contribution is 4.99. The zero-order valence-electron chi connectivity index (χ0n) is 12.6. The van der Waals surface area contributed by atoms with E-state index in [1.807, 2.05) is 0 Å². The van der Waals surface area contributed by atoms with Crippen LogP contribution in [0.5, 0.6) is 0 Å². The van der Waals surface area contributed by atoms with Crippen molar-refractivity contribution in [2.75, 3.05) is 26.2 Å². The molecule has 0 amide bonds. The van der Waals surface area contributed by atoms with Crippen molar-refractivity contribution in [3.05, 3.63) is 0 Å². The van der Waals surface area contributed by atoms with E-state index < -0.39 is 5.67 Å². The number of rotatable bonds is 3. The van der Waals surface area contributed by atoms with Gasteiger partial charge in [-0.05, 0) is 51.0 Å². The third-order valence-corrected chi connectivity index (χ3v) is 5.79. The van der Waals surface area contributed by atoms with Gasteiger partial charge in [0.25, 0.3) is 0 Å². The topological polar surface area (TPSA) is 6.48 Å². The summed E-state index contributed by atoms with van der Waals surface area (Å²) in [5.41, 5.74) is -0.910. The summed E-state index contributed by atoms with van der Waals surface area (Å²) in [5.74, 6) is 0.853. The van der Waals surface area contributed by atoms with Gasteiger partial charge >= 0.3 is 0 Å². The van der Waals surface area contributed by atoms with E-state index >= 15 is 4.39 Å². The van der Waals surface area contributed by atoms with Crippen LogP contribution in [0.25, 0.3) is 0 Å². The van der Waals surface area contributed by atoms with Crippen LogP contribution in [0, 0.1) is 5.92 Å². The lowest BCUT2D eigenvalue weighted by Crippen LogP contribution is -2.53. The first-order valence-electron chi connectivity index (χ1n) is 8.26. The van der Waals surface area contributed by atoms with Crippen LogP contribution in [-0.4, -0.2) is 53.7 Å². The van der Waals surface area contributed by atoms with Crippen molar-refractivity contribution in [1.29, 1.82) is 0 Å². The molecule has 0 aromatic carbocycles. The van der Waals surface area contributed by atoms with Crippen molar-refractivity contribution in [2.45, 2.75) is 70.1 Å². The molecule has 2 bridgehead atoms. The van der Waals surface area contributed by atoms with Crippen molar-refractivity contribution in [1.82, 2.24) is 9.80 Å². The maximum absolute atomic E-state index is 15.1. The Labute approximate surface area is 117 Å². The van der Waals surface area contributed by atoms with Crippen molar-refractivity contribution in [2.24, 2.45) is 5.92 Å². The summed E-state index contributed by atoms with van der Waals surface area (Å²) in [6.07, 6.45) is 6.71. The molecule has 0 aliphatic carbocycles. The molecule has 3 heterocycles. The van der Waals surface area contributed by atoms with Gasteiger partial charge in [-0.15, -0.1) is 0 Å². The Kier molecular flexibility index (Phi) is 3.87. The van der Waals surface area contributed by atoms with E-state index in [1.165, 1.54) is 25.7 Å². The Balaban J connectivity index is 1.59. The van der Waals surface area contributed by atoms with E-state index in [2.05, 4.69) is 23.6 Å². The summed E-state index contributed by atoms with van der Waals surface area (Å²) in [4.78, 5) is 4.92. The highest BCUT2D eigenvalue weighted by Gasteiger charge is 2.44. The van der Waals surface area contributed by atoms with Crippen LogP contribution in [0.2, 0.25) is 0 Å². The molecule has 3 rings (SSSR count). The molecule has 0 spiro atoms. The van der Waals surface area contributed by atoms with Crippen molar-refractivity contribution in [3.8, 4) is 0 Å². The van der Waals surface area contributed by atoms with Gasteiger partial charge in [0.1, 0.15) is 5.67 Å². The van der Waals surface area contributed by atoms with Crippen molar-refractivity contribution >= 4 is 0 Å². The Bertz CT molecular complexity index is 298. The van der Waals surface area contributed by atoms with Crippen LogP contribution in [0.1, 0.15) is 52.4 Å². The summed E-state index contributed by atoms with van der Waals surface area (Å²) >= 11 is 0. The monoisotopic (exact) mass is 268 g/mol. The molecule has 1 unspecified atom stereocenters. The van der Waals surface area contributed by atoms with E-state index in [4.69, 9.17) is 0 Å². The number of likely N-dealkylation sites (tertiary alicyclic amines) is 1. The zero-order valence-corrected chi connectivity index (χ0v) is 12.6. The molecule has 3 aliphatic heterocycles. The Morgan fingerprint density at radius 3 is 2.21 bits per heavy atom. The fraction of sp³-hybridized carbons (Fsp3) is 1.00. The Morgan fingerprint density at radius 2 is 1.68 bits per heavy atom. The number of fused-ring (bicyclic) bond motifs is 2. The number of piperidine rings is 2. The lowest BCUT2D eigenvalue weighted by molar-refractivity contribution is -0.00614. The zero-order chi connectivity index (χ0) is 13.5. The molecule has 3 fully saturated rings. The predicted molar refractivity (Wildman–Crippen MR) is 77.1 cm³/mol. The van der Waals surface area contributed by atoms with E-state index in [9.17, 15) is 0 Å². The Morgan fingerprint density at radius 1 is 1.11 bits per heavy atom. The molecule has 3 saturated heterocycles. The first kappa shape index (κ1) is 13.8. The highest BCUT2D eigenvalue weighted by atomic mass is 19.1. The lowest BCUT2D eigenvalue weighted by atomic mass is 9.88. The second-order valence-electron chi connectivity index (χ2n) is 7.22. The number of hydrogen-bond donors (Lipinski definition) is 0. The SMILES string of the molecule is CCN1CCC(F)(CN2[C@@H]3CC[C@H]2CC(C)C3)CC1. The minimum atomic E-state index is -0.910. The molecule has 0 aromatic rings. The molecule has 3 atom stereocenters. The second-order valence-corrected chi connectivity index (χ2v) is 7.22. The summed E-state index contributed by atoms with van der Waals surface area (Å²) < 4.78 is 15.1. The van der Waals surface area contributed by atoms with Gasteiger partial charge in [-0.1, -0.05) is 13.8 Å². The molecular formula is C16H29FN2. The van der Waals surface area contributed by atoms with Crippen LogP contribution >= 0.6 is 0 Å². The first-order valence-corrected chi connectivity index (χ1v) is 8.26. The van der Waals surface area contributed by atoms with Gasteiger partial charge in [0.15, 0.2) is 0 Å². The van der Waals surface area contributed by atoms with Gasteiger partial charge in [0.2, 0.25) is 0 Å². The Hall–Kier alpha value is -0.150. The smallest absolute Gasteiger partial charge is 0.126 e. The molecular weight excluding hydrogens is 239 g/mol. The fourth-order valence-electron chi connectivity index (χ4n) is 4.56. The normalized spacial score (nSPS) is 39.6.